The van der Waals surface area contributed by atoms with E-state index in [9.17, 15) is 4.79 Å². The number of rotatable bonds is 1. The van der Waals surface area contributed by atoms with Gasteiger partial charge < -0.3 is 0 Å². The first-order valence-electron chi connectivity index (χ1n) is 6.79. The Balaban J connectivity index is 1.88. The molecule has 4 rings (SSSR count). The zero-order valence-electron chi connectivity index (χ0n) is 11.2. The van der Waals surface area contributed by atoms with Crippen LogP contribution < -0.4 is 4.90 Å². The van der Waals surface area contributed by atoms with Crippen LogP contribution in [0.4, 0.5) is 16.2 Å². The second-order valence-corrected chi connectivity index (χ2v) is 4.97. The van der Waals surface area contributed by atoms with E-state index >= 15 is 0 Å². The summed E-state index contributed by atoms with van der Waals surface area (Å²) < 4.78 is 0. The maximum Gasteiger partial charge on any atom is 0.368 e. The number of nitrogens with zero attached hydrogens (tertiary/aromatic N) is 4. The van der Waals surface area contributed by atoms with E-state index in [0.717, 1.165) is 22.6 Å². The van der Waals surface area contributed by atoms with E-state index in [0.29, 0.717) is 6.42 Å². The van der Waals surface area contributed by atoms with Gasteiger partial charge in [-0.1, -0.05) is 47.6 Å². The minimum absolute atomic E-state index is 0.305. The van der Waals surface area contributed by atoms with Crippen molar-refractivity contribution >= 4 is 23.1 Å². The number of aliphatic imine (C=N–C) groups is 1. The summed E-state index contributed by atoms with van der Waals surface area (Å²) in [5.74, 6) is 0. The van der Waals surface area contributed by atoms with Crippen LogP contribution in [0, 0.1) is 0 Å². The van der Waals surface area contributed by atoms with Gasteiger partial charge in [-0.2, -0.15) is 5.11 Å². The molecule has 0 fully saturated rings. The van der Waals surface area contributed by atoms with Crippen LogP contribution in [-0.4, -0.2) is 17.9 Å². The van der Waals surface area contributed by atoms with Crippen LogP contribution in [-0.2, 0) is 0 Å². The van der Waals surface area contributed by atoms with Gasteiger partial charge in [0.25, 0.3) is 0 Å². The van der Waals surface area contributed by atoms with Gasteiger partial charge in [0.05, 0.1) is 17.1 Å². The highest BCUT2D eigenvalue weighted by molar-refractivity contribution is 6.07. The molecule has 5 nitrogen and oxygen atoms in total. The fourth-order valence-electron chi connectivity index (χ4n) is 2.68. The number of hydrogen-bond donors (Lipinski definition) is 0. The van der Waals surface area contributed by atoms with E-state index in [2.05, 4.69) is 10.2 Å². The minimum Gasteiger partial charge on any atom is -0.264 e. The second-order valence-electron chi connectivity index (χ2n) is 4.97. The molecule has 0 spiro atoms. The summed E-state index contributed by atoms with van der Waals surface area (Å²) in [6.07, 6.45) is 0.258. The van der Waals surface area contributed by atoms with Crippen molar-refractivity contribution in [1.29, 1.82) is 0 Å². The quantitative estimate of drug-likeness (QED) is 0.778. The average molecular weight is 276 g/mol. The number of carbonyl (C=O) groups excluding carboxylic acids is 1. The van der Waals surface area contributed by atoms with E-state index in [1.165, 1.54) is 0 Å². The number of azo groups is 1. The second kappa shape index (κ2) is 4.63. The van der Waals surface area contributed by atoms with Gasteiger partial charge in [-0.05, 0) is 17.7 Å². The fourth-order valence-corrected chi connectivity index (χ4v) is 2.68. The van der Waals surface area contributed by atoms with Gasteiger partial charge in [-0.15, -0.1) is 0 Å². The normalized spacial score (nSPS) is 19.8. The Kier molecular flexibility index (Phi) is 2.64. The third-order valence-electron chi connectivity index (χ3n) is 3.66. The van der Waals surface area contributed by atoms with Crippen molar-refractivity contribution in [3.05, 3.63) is 60.2 Å². The Morgan fingerprint density at radius 1 is 1.00 bits per heavy atom. The number of hydrogen-bond acceptors (Lipinski definition) is 3. The van der Waals surface area contributed by atoms with Gasteiger partial charge in [0.1, 0.15) is 0 Å². The highest BCUT2D eigenvalue weighted by atomic mass is 16.2. The number of carbonyl (C=O) groups is 1. The van der Waals surface area contributed by atoms with Crippen LogP contribution in [0.15, 0.2) is 69.8 Å². The van der Waals surface area contributed by atoms with Crippen LogP contribution >= 0.6 is 0 Å². The van der Waals surface area contributed by atoms with E-state index in [1.807, 2.05) is 54.6 Å². The Morgan fingerprint density at radius 2 is 1.76 bits per heavy atom. The van der Waals surface area contributed by atoms with Crippen LogP contribution in [0.1, 0.15) is 12.0 Å². The number of anilines is 1. The summed E-state index contributed by atoms with van der Waals surface area (Å²) in [4.78, 5) is 18.3. The van der Waals surface area contributed by atoms with Gasteiger partial charge in [0, 0.05) is 6.42 Å². The minimum atomic E-state index is -0.322. The number of para-hydroxylation sites is 2. The molecule has 2 amide bonds. The Labute approximate surface area is 121 Å². The summed E-state index contributed by atoms with van der Waals surface area (Å²) in [6.45, 7) is 0. The standard InChI is InChI=1S/C16H12N4O/c21-16-19-18-15-10-13(11-6-2-1-3-7-11)17-12-8-4-5-9-14(12)20(15)16/h1-9,15H,10H2. The lowest BCUT2D eigenvalue weighted by Crippen LogP contribution is -2.33. The Hall–Kier alpha value is -2.82. The number of benzene rings is 2. The molecule has 0 aliphatic carbocycles. The zero-order chi connectivity index (χ0) is 14.2. The molecular formula is C16H12N4O. The molecule has 2 heterocycles. The predicted molar refractivity (Wildman–Crippen MR) is 80.2 cm³/mol. The average Bonchev–Trinajstić information content (AvgIpc) is 2.80. The molecule has 1 atom stereocenters. The molecule has 0 aromatic heterocycles. The van der Waals surface area contributed by atoms with Crippen molar-refractivity contribution in [3.63, 3.8) is 0 Å². The SMILES string of the molecule is O=C1N=NC2CC(c3ccccc3)=Nc3ccccc3N12. The number of amides is 2. The molecule has 2 aromatic carbocycles. The van der Waals surface area contributed by atoms with E-state index in [1.54, 1.807) is 4.90 Å². The highest BCUT2D eigenvalue weighted by Gasteiger charge is 2.35. The largest absolute Gasteiger partial charge is 0.368 e. The predicted octanol–water partition coefficient (Wildman–Crippen LogP) is 3.93. The van der Waals surface area contributed by atoms with Gasteiger partial charge >= 0.3 is 6.03 Å². The van der Waals surface area contributed by atoms with Gasteiger partial charge in [-0.25, -0.2) is 4.79 Å². The van der Waals surface area contributed by atoms with Crippen molar-refractivity contribution in [2.24, 2.45) is 15.2 Å². The molecule has 2 aromatic rings. The van der Waals surface area contributed by atoms with Crippen LogP contribution in [0.25, 0.3) is 0 Å². The molecule has 0 bridgehead atoms. The lowest BCUT2D eigenvalue weighted by molar-refractivity contribution is 0.255. The molecular weight excluding hydrogens is 264 g/mol. The van der Waals surface area contributed by atoms with Crippen LogP contribution in [0.2, 0.25) is 0 Å². The number of fused-ring (bicyclic) bond motifs is 3. The van der Waals surface area contributed by atoms with Crippen molar-refractivity contribution < 1.29 is 4.79 Å². The Morgan fingerprint density at radius 3 is 2.62 bits per heavy atom. The molecule has 21 heavy (non-hydrogen) atoms. The van der Waals surface area contributed by atoms with Crippen molar-refractivity contribution in [2.45, 2.75) is 12.6 Å². The summed E-state index contributed by atoms with van der Waals surface area (Å²) in [5, 5.41) is 7.80. The molecule has 0 saturated carbocycles. The van der Waals surface area contributed by atoms with Crippen molar-refractivity contribution in [1.82, 2.24) is 0 Å². The van der Waals surface area contributed by atoms with Crippen LogP contribution in [0.5, 0.6) is 0 Å². The summed E-state index contributed by atoms with van der Waals surface area (Å²) in [7, 11) is 0. The highest BCUT2D eigenvalue weighted by Crippen LogP contribution is 2.37. The summed E-state index contributed by atoms with van der Waals surface area (Å²) in [5.41, 5.74) is 3.51. The first kappa shape index (κ1) is 12.0. The van der Waals surface area contributed by atoms with Gasteiger partial charge in [0.2, 0.25) is 0 Å². The smallest absolute Gasteiger partial charge is 0.264 e. The lowest BCUT2D eigenvalue weighted by Gasteiger charge is -2.19. The van der Waals surface area contributed by atoms with Crippen LogP contribution in [0.3, 0.4) is 0 Å². The molecule has 0 saturated heterocycles. The molecule has 1 unspecified atom stereocenters. The first-order chi connectivity index (χ1) is 10.3. The fraction of sp³-hybridized carbons (Fsp3) is 0.125. The number of urea groups is 1. The van der Waals surface area contributed by atoms with E-state index in [-0.39, 0.29) is 12.2 Å². The molecule has 2 aliphatic rings. The topological polar surface area (TPSA) is 57.4 Å². The first-order valence-corrected chi connectivity index (χ1v) is 6.79. The zero-order valence-corrected chi connectivity index (χ0v) is 11.2. The maximum absolute atomic E-state index is 12.0. The third-order valence-corrected chi connectivity index (χ3v) is 3.66. The molecule has 2 aliphatic heterocycles. The Bertz CT molecular complexity index is 767. The molecule has 5 heteroatoms. The summed E-state index contributed by atoms with van der Waals surface area (Å²) >= 11 is 0. The van der Waals surface area contributed by atoms with Gasteiger partial charge in [0.15, 0.2) is 6.17 Å². The van der Waals surface area contributed by atoms with E-state index in [4.69, 9.17) is 4.99 Å². The summed E-state index contributed by atoms with van der Waals surface area (Å²) in [6, 6.07) is 17.2. The monoisotopic (exact) mass is 276 g/mol. The van der Waals surface area contributed by atoms with Crippen molar-refractivity contribution in [2.75, 3.05) is 4.90 Å². The molecule has 0 N–H and O–H groups in total. The van der Waals surface area contributed by atoms with E-state index < -0.39 is 0 Å². The maximum atomic E-state index is 12.0. The van der Waals surface area contributed by atoms with Crippen molar-refractivity contribution in [3.8, 4) is 0 Å². The lowest BCUT2D eigenvalue weighted by atomic mass is 10.1. The molecule has 0 radical (unpaired) electrons. The van der Waals surface area contributed by atoms with Gasteiger partial charge in [-0.3, -0.25) is 9.89 Å². The molecule has 102 valence electrons. The third kappa shape index (κ3) is 1.94.